The Morgan fingerprint density at radius 2 is 1.80 bits per heavy atom. The number of carbonyl (C=O) groups is 2. The molecule has 2 aromatic carbocycles. The van der Waals surface area contributed by atoms with Crippen LogP contribution in [0, 0.1) is 0 Å². The summed E-state index contributed by atoms with van der Waals surface area (Å²) < 4.78 is 5.99. The molecule has 0 saturated carbocycles. The van der Waals surface area contributed by atoms with Crippen LogP contribution in [0.25, 0.3) is 5.76 Å². The molecule has 1 aliphatic heterocycles. The van der Waals surface area contributed by atoms with Crippen LogP contribution < -0.4 is 9.64 Å². The number of hydrogen-bond acceptors (Lipinski definition) is 5. The van der Waals surface area contributed by atoms with Gasteiger partial charge < -0.3 is 9.84 Å². The highest BCUT2D eigenvalue weighted by Gasteiger charge is 2.47. The number of carbonyl (C=O) groups excluding carboxylic acids is 2. The number of anilines is 1. The van der Waals surface area contributed by atoms with Crippen LogP contribution in [0.1, 0.15) is 17.2 Å². The van der Waals surface area contributed by atoms with Crippen LogP contribution in [0.15, 0.2) is 83.1 Å². The van der Waals surface area contributed by atoms with Gasteiger partial charge in [0.15, 0.2) is 0 Å². The van der Waals surface area contributed by atoms with Crippen molar-refractivity contribution < 1.29 is 19.4 Å². The molecule has 7 heteroatoms. The Bertz CT molecular complexity index is 1160. The van der Waals surface area contributed by atoms with Crippen LogP contribution >= 0.6 is 15.9 Å². The van der Waals surface area contributed by atoms with Crippen LogP contribution in [0.2, 0.25) is 0 Å². The second-order valence-corrected chi connectivity index (χ2v) is 7.58. The highest BCUT2D eigenvalue weighted by atomic mass is 79.9. The van der Waals surface area contributed by atoms with Crippen molar-refractivity contribution in [1.82, 2.24) is 4.98 Å². The predicted molar refractivity (Wildman–Crippen MR) is 116 cm³/mol. The molecule has 0 spiro atoms. The molecule has 1 aliphatic rings. The summed E-state index contributed by atoms with van der Waals surface area (Å²) in [7, 11) is 1.52. The number of benzene rings is 2. The molecule has 30 heavy (non-hydrogen) atoms. The maximum absolute atomic E-state index is 13.1. The molecule has 0 radical (unpaired) electrons. The fourth-order valence-corrected chi connectivity index (χ4v) is 3.90. The fourth-order valence-electron chi connectivity index (χ4n) is 3.51. The number of halogens is 1. The Morgan fingerprint density at radius 3 is 2.50 bits per heavy atom. The van der Waals surface area contributed by atoms with Gasteiger partial charge in [-0.2, -0.15) is 0 Å². The average molecular weight is 465 g/mol. The van der Waals surface area contributed by atoms with Gasteiger partial charge in [-0.05, 0) is 48.0 Å². The third-order valence-electron chi connectivity index (χ3n) is 4.90. The van der Waals surface area contributed by atoms with E-state index in [-0.39, 0.29) is 11.3 Å². The summed E-state index contributed by atoms with van der Waals surface area (Å²) in [5.74, 6) is -1.19. The maximum Gasteiger partial charge on any atom is 0.300 e. The van der Waals surface area contributed by atoms with Gasteiger partial charge in [0.05, 0.1) is 18.7 Å². The van der Waals surface area contributed by atoms with E-state index in [1.807, 2.05) is 6.07 Å². The number of amides is 1. The third kappa shape index (κ3) is 3.48. The molecule has 3 aromatic rings. The first-order chi connectivity index (χ1) is 14.5. The lowest BCUT2D eigenvalue weighted by Crippen LogP contribution is -2.29. The van der Waals surface area contributed by atoms with Gasteiger partial charge in [-0.15, -0.1) is 0 Å². The molecule has 1 aromatic heterocycles. The van der Waals surface area contributed by atoms with E-state index in [4.69, 9.17) is 4.74 Å². The van der Waals surface area contributed by atoms with E-state index in [9.17, 15) is 14.7 Å². The molecule has 150 valence electrons. The summed E-state index contributed by atoms with van der Waals surface area (Å²) in [5, 5.41) is 11.1. The number of nitrogens with zero attached hydrogens (tertiary/aromatic N) is 2. The minimum atomic E-state index is -0.798. The van der Waals surface area contributed by atoms with Crippen LogP contribution in [0.4, 0.5) is 5.69 Å². The van der Waals surface area contributed by atoms with Crippen LogP contribution in [-0.2, 0) is 9.59 Å². The summed E-state index contributed by atoms with van der Waals surface area (Å²) in [6.07, 6.45) is 3.17. The number of aliphatic hydroxyl groups excluding tert-OH is 1. The SMILES string of the molecule is COc1cccc(/C(O)=C2\C(=O)C(=O)N(c3cccc(Br)c3)C2c2ccncc2)c1. The highest BCUT2D eigenvalue weighted by Crippen LogP contribution is 2.42. The molecule has 1 amide bonds. The molecular weight excluding hydrogens is 448 g/mol. The van der Waals surface area contributed by atoms with Crippen molar-refractivity contribution in [3.63, 3.8) is 0 Å². The standard InChI is InChI=1S/C23H17BrN2O4/c1-30-18-7-2-4-15(12-18)21(27)19-20(14-8-10-25-11-9-14)26(23(29)22(19)28)17-6-3-5-16(24)13-17/h2-13,20,27H,1H3/b21-19+. The van der Waals surface area contributed by atoms with E-state index in [0.29, 0.717) is 22.6 Å². The number of ether oxygens (including phenoxy) is 1. The number of rotatable bonds is 4. The minimum Gasteiger partial charge on any atom is -0.507 e. The largest absolute Gasteiger partial charge is 0.507 e. The van der Waals surface area contributed by atoms with Crippen molar-refractivity contribution in [2.45, 2.75) is 6.04 Å². The normalized spacial score (nSPS) is 17.9. The molecule has 2 heterocycles. The fraction of sp³-hybridized carbons (Fsp3) is 0.0870. The molecule has 1 saturated heterocycles. The Labute approximate surface area is 181 Å². The van der Waals surface area contributed by atoms with E-state index in [0.717, 1.165) is 4.47 Å². The predicted octanol–water partition coefficient (Wildman–Crippen LogP) is 4.48. The van der Waals surface area contributed by atoms with Crippen molar-refractivity contribution in [3.05, 3.63) is 94.2 Å². The number of methoxy groups -OCH3 is 1. The smallest absolute Gasteiger partial charge is 0.300 e. The Morgan fingerprint density at radius 1 is 1.07 bits per heavy atom. The average Bonchev–Trinajstić information content (AvgIpc) is 3.04. The molecule has 1 N–H and O–H groups in total. The van der Waals surface area contributed by atoms with E-state index in [1.54, 1.807) is 67.0 Å². The second-order valence-electron chi connectivity index (χ2n) is 6.66. The molecule has 0 aliphatic carbocycles. The monoisotopic (exact) mass is 464 g/mol. The molecular formula is C23H17BrN2O4. The molecule has 4 rings (SSSR count). The number of hydrogen-bond donors (Lipinski definition) is 1. The third-order valence-corrected chi connectivity index (χ3v) is 5.39. The number of aliphatic hydroxyl groups is 1. The number of Topliss-reactive ketones (excluding diaryl/α,β-unsaturated/α-hetero) is 1. The van der Waals surface area contributed by atoms with E-state index < -0.39 is 17.7 Å². The first-order valence-corrected chi connectivity index (χ1v) is 9.91. The highest BCUT2D eigenvalue weighted by molar-refractivity contribution is 9.10. The maximum atomic E-state index is 13.1. The molecule has 1 unspecified atom stereocenters. The lowest BCUT2D eigenvalue weighted by atomic mass is 9.95. The van der Waals surface area contributed by atoms with E-state index in [2.05, 4.69) is 20.9 Å². The van der Waals surface area contributed by atoms with Gasteiger partial charge in [-0.25, -0.2) is 0 Å². The van der Waals surface area contributed by atoms with Crippen molar-refractivity contribution >= 4 is 39.1 Å². The number of pyridine rings is 1. The molecule has 1 atom stereocenters. The molecule has 1 fully saturated rings. The van der Waals surface area contributed by atoms with Gasteiger partial charge in [0.25, 0.3) is 11.7 Å². The summed E-state index contributed by atoms with van der Waals surface area (Å²) in [6, 6.07) is 16.5. The minimum absolute atomic E-state index is 0.0134. The lowest BCUT2D eigenvalue weighted by Gasteiger charge is -2.25. The Balaban J connectivity index is 1.94. The summed E-state index contributed by atoms with van der Waals surface area (Å²) in [5.41, 5.74) is 1.60. The van der Waals surface area contributed by atoms with Crippen LogP contribution in [-0.4, -0.2) is 28.9 Å². The van der Waals surface area contributed by atoms with Crippen molar-refractivity contribution in [3.8, 4) is 5.75 Å². The van der Waals surface area contributed by atoms with Gasteiger partial charge in [-0.3, -0.25) is 19.5 Å². The zero-order chi connectivity index (χ0) is 21.3. The Kier molecular flexibility index (Phi) is 5.37. The van der Waals surface area contributed by atoms with Crippen molar-refractivity contribution in [2.75, 3.05) is 12.0 Å². The van der Waals surface area contributed by atoms with Gasteiger partial charge in [-0.1, -0.05) is 34.1 Å². The van der Waals surface area contributed by atoms with Crippen molar-refractivity contribution in [1.29, 1.82) is 0 Å². The summed E-state index contributed by atoms with van der Waals surface area (Å²) in [6.45, 7) is 0. The van der Waals surface area contributed by atoms with Gasteiger partial charge in [0, 0.05) is 28.1 Å². The van der Waals surface area contributed by atoms with Gasteiger partial charge >= 0.3 is 0 Å². The van der Waals surface area contributed by atoms with E-state index in [1.165, 1.54) is 12.0 Å². The first-order valence-electron chi connectivity index (χ1n) is 9.12. The quantitative estimate of drug-likeness (QED) is 0.349. The van der Waals surface area contributed by atoms with Gasteiger partial charge in [0.1, 0.15) is 11.5 Å². The number of ketones is 1. The van der Waals surface area contributed by atoms with Crippen LogP contribution in [0.5, 0.6) is 5.75 Å². The Hall–Kier alpha value is -3.45. The van der Waals surface area contributed by atoms with Gasteiger partial charge in [0.2, 0.25) is 0 Å². The zero-order valence-electron chi connectivity index (χ0n) is 15.9. The van der Waals surface area contributed by atoms with E-state index >= 15 is 0 Å². The number of aromatic nitrogens is 1. The summed E-state index contributed by atoms with van der Waals surface area (Å²) in [4.78, 5) is 31.5. The zero-order valence-corrected chi connectivity index (χ0v) is 17.5. The summed E-state index contributed by atoms with van der Waals surface area (Å²) >= 11 is 3.41. The first kappa shape index (κ1) is 19.8. The van der Waals surface area contributed by atoms with Crippen LogP contribution in [0.3, 0.4) is 0 Å². The topological polar surface area (TPSA) is 79.7 Å². The lowest BCUT2D eigenvalue weighted by molar-refractivity contribution is -0.132. The molecule has 0 bridgehead atoms. The molecule has 6 nitrogen and oxygen atoms in total. The second kappa shape index (κ2) is 8.12. The van der Waals surface area contributed by atoms with Crippen molar-refractivity contribution in [2.24, 2.45) is 0 Å².